The molecule has 0 aromatic heterocycles. The molecule has 0 atom stereocenters. The van der Waals surface area contributed by atoms with Gasteiger partial charge in [-0.3, -0.25) is 9.28 Å². The van der Waals surface area contributed by atoms with Crippen molar-refractivity contribution in [1.82, 2.24) is 0 Å². The Balaban J connectivity index is 3.78. The van der Waals surface area contributed by atoms with Gasteiger partial charge in [0.1, 0.15) is 6.54 Å². The quantitative estimate of drug-likeness (QED) is 0.0516. The molecule has 0 bridgehead atoms. The van der Waals surface area contributed by atoms with Crippen LogP contribution in [0.15, 0.2) is 0 Å². The Bertz CT molecular complexity index is 612. The molecule has 0 rings (SSSR count). The Labute approximate surface area is 278 Å². The molecule has 0 N–H and O–H groups in total. The molecule has 0 saturated carbocycles. The summed E-state index contributed by atoms with van der Waals surface area (Å²) in [5.41, 5.74) is 0. The van der Waals surface area contributed by atoms with Crippen molar-refractivity contribution in [2.45, 2.75) is 233 Å². The van der Waals surface area contributed by atoms with Crippen LogP contribution in [0, 0.1) is 0 Å². The Morgan fingerprint density at radius 1 is 0.341 bits per heavy atom. The fourth-order valence-electron chi connectivity index (χ4n) is 6.88. The van der Waals surface area contributed by atoms with Crippen LogP contribution in [0.25, 0.3) is 0 Å². The van der Waals surface area contributed by atoms with Crippen LogP contribution in [0.1, 0.15) is 233 Å². The lowest BCUT2D eigenvalue weighted by Crippen LogP contribution is -2.55. The molecule has 0 radical (unpaired) electrons. The highest BCUT2D eigenvalue weighted by molar-refractivity contribution is 5.82. The van der Waals surface area contributed by atoms with E-state index >= 15 is 0 Å². The van der Waals surface area contributed by atoms with Gasteiger partial charge in [-0.05, 0) is 26.7 Å². The van der Waals surface area contributed by atoms with E-state index < -0.39 is 0 Å². The van der Waals surface area contributed by atoms with E-state index in [2.05, 4.69) is 27.7 Å². The summed E-state index contributed by atoms with van der Waals surface area (Å²) in [5.74, 6) is 0.600. The number of nitrogens with zero attached hydrogens (tertiary/aromatic N) is 1. The molecule has 0 saturated heterocycles. The van der Waals surface area contributed by atoms with Gasteiger partial charge in [-0.15, -0.1) is 0 Å². The van der Waals surface area contributed by atoms with E-state index in [0.717, 1.165) is 38.8 Å². The Morgan fingerprint density at radius 3 is 0.864 bits per heavy atom. The molecule has 0 fully saturated rings. The average Bonchev–Trinajstić information content (AvgIpc) is 3.03. The molecule has 0 aliphatic rings. The highest BCUT2D eigenvalue weighted by Crippen LogP contribution is 2.18. The number of carbonyl (C=O) groups excluding carboxylic acids is 2. The lowest BCUT2D eigenvalue weighted by atomic mass is 10.0. The van der Waals surface area contributed by atoms with Crippen LogP contribution in [0.5, 0.6) is 0 Å². The van der Waals surface area contributed by atoms with Crippen molar-refractivity contribution in [3.05, 3.63) is 0 Å². The van der Waals surface area contributed by atoms with Crippen molar-refractivity contribution in [3.63, 3.8) is 0 Å². The predicted molar refractivity (Wildman–Crippen MR) is 195 cm³/mol. The minimum Gasteiger partial charge on any atom is -0.293 e. The smallest absolute Gasteiger partial charge is 0.293 e. The second kappa shape index (κ2) is 33.7. The van der Waals surface area contributed by atoms with Crippen molar-refractivity contribution in [2.75, 3.05) is 19.6 Å². The standard InChI is InChI=1S/C41H82NO2/c1-5-9-11-13-15-17-19-21-23-25-27-29-31-33-35-37-40(43)39-42(7-3,8-4)41(44)38-36-34-32-30-28-26-24-22-20-18-16-14-12-10-6-2/h5-39H2,1-4H3/q+1. The van der Waals surface area contributed by atoms with Crippen LogP contribution in [0.2, 0.25) is 0 Å². The monoisotopic (exact) mass is 621 g/mol. The lowest BCUT2D eigenvalue weighted by Gasteiger charge is -2.33. The number of unbranched alkanes of at least 4 members (excludes halogenated alkanes) is 28. The number of likely N-dealkylation sites (N-methyl/N-ethyl adjacent to an activating group) is 1. The summed E-state index contributed by atoms with van der Waals surface area (Å²) in [5, 5.41) is 0. The first kappa shape index (κ1) is 43.3. The van der Waals surface area contributed by atoms with Crippen molar-refractivity contribution >= 4 is 11.7 Å². The van der Waals surface area contributed by atoms with Crippen LogP contribution in [0.4, 0.5) is 0 Å². The van der Waals surface area contributed by atoms with Gasteiger partial charge >= 0.3 is 5.91 Å². The molecular weight excluding hydrogens is 538 g/mol. The SMILES string of the molecule is CCCCCCCCCCCCCCCCCC(=O)C[N+](CC)(CC)C(=O)CCCCCCCCCCCCCCCCC. The van der Waals surface area contributed by atoms with Gasteiger partial charge in [-0.25, -0.2) is 4.79 Å². The third-order valence-corrected chi connectivity index (χ3v) is 10.3. The van der Waals surface area contributed by atoms with E-state index in [9.17, 15) is 9.59 Å². The molecule has 0 spiro atoms. The molecule has 0 aliphatic carbocycles. The first-order valence-electron chi connectivity index (χ1n) is 20.5. The van der Waals surface area contributed by atoms with Crippen LogP contribution in [-0.4, -0.2) is 35.8 Å². The first-order valence-corrected chi connectivity index (χ1v) is 20.5. The number of Topliss-reactive ketones (excluding diaryl/α,β-unsaturated/α-hetero) is 1. The molecule has 0 unspecified atom stereocenters. The highest BCUT2D eigenvalue weighted by Gasteiger charge is 2.34. The number of carbonyl (C=O) groups is 2. The van der Waals surface area contributed by atoms with Gasteiger partial charge < -0.3 is 0 Å². The molecule has 0 aromatic rings. The number of rotatable bonds is 36. The second-order valence-corrected chi connectivity index (χ2v) is 14.3. The fourth-order valence-corrected chi connectivity index (χ4v) is 6.88. The molecule has 262 valence electrons. The first-order chi connectivity index (χ1) is 21.6. The minimum absolute atomic E-state index is 0.299. The molecular formula is C41H82NO2+. The minimum atomic E-state index is 0.299. The molecule has 3 nitrogen and oxygen atoms in total. The molecule has 0 aliphatic heterocycles. The molecule has 3 heteroatoms. The maximum atomic E-state index is 13.2. The predicted octanol–water partition coefficient (Wildman–Crippen LogP) is 13.5. The van der Waals surface area contributed by atoms with E-state index in [1.807, 2.05) is 0 Å². The van der Waals surface area contributed by atoms with Crippen LogP contribution >= 0.6 is 0 Å². The summed E-state index contributed by atoms with van der Waals surface area (Å²) in [6.45, 7) is 10.7. The Kier molecular flexibility index (Phi) is 33.1. The summed E-state index contributed by atoms with van der Waals surface area (Å²) in [6.07, 6.45) is 41.6. The van der Waals surface area contributed by atoms with Crippen LogP contribution < -0.4 is 0 Å². The van der Waals surface area contributed by atoms with E-state index in [1.165, 1.54) is 167 Å². The third-order valence-electron chi connectivity index (χ3n) is 10.3. The topological polar surface area (TPSA) is 34.1 Å². The van der Waals surface area contributed by atoms with E-state index in [-0.39, 0.29) is 0 Å². The Hall–Kier alpha value is -0.700. The van der Waals surface area contributed by atoms with Gasteiger partial charge in [0.2, 0.25) is 0 Å². The largest absolute Gasteiger partial charge is 0.314 e. The number of ketones is 1. The molecule has 44 heavy (non-hydrogen) atoms. The van der Waals surface area contributed by atoms with Crippen molar-refractivity contribution in [1.29, 1.82) is 0 Å². The Morgan fingerprint density at radius 2 is 0.591 bits per heavy atom. The van der Waals surface area contributed by atoms with E-state index in [0.29, 0.717) is 35.6 Å². The molecule has 0 aromatic carbocycles. The van der Waals surface area contributed by atoms with Gasteiger partial charge in [0.15, 0.2) is 5.78 Å². The average molecular weight is 621 g/mol. The van der Waals surface area contributed by atoms with Crippen molar-refractivity contribution in [2.24, 2.45) is 0 Å². The highest BCUT2D eigenvalue weighted by atomic mass is 16.2. The normalized spacial score (nSPS) is 11.8. The van der Waals surface area contributed by atoms with Crippen LogP contribution in [-0.2, 0) is 9.59 Å². The third kappa shape index (κ3) is 26.5. The number of amides is 1. The zero-order chi connectivity index (χ0) is 32.4. The summed E-state index contributed by atoms with van der Waals surface area (Å²) in [6, 6.07) is 0. The summed E-state index contributed by atoms with van der Waals surface area (Å²) >= 11 is 0. The van der Waals surface area contributed by atoms with Crippen molar-refractivity contribution < 1.29 is 14.1 Å². The van der Waals surface area contributed by atoms with E-state index in [4.69, 9.17) is 0 Å². The van der Waals surface area contributed by atoms with Gasteiger partial charge in [-0.1, -0.05) is 194 Å². The summed E-state index contributed by atoms with van der Waals surface area (Å²) in [7, 11) is 0. The lowest BCUT2D eigenvalue weighted by molar-refractivity contribution is -0.843. The zero-order valence-corrected chi connectivity index (χ0v) is 31.0. The van der Waals surface area contributed by atoms with Crippen molar-refractivity contribution in [3.8, 4) is 0 Å². The van der Waals surface area contributed by atoms with Crippen LogP contribution in [0.3, 0.4) is 0 Å². The fraction of sp³-hybridized carbons (Fsp3) is 0.951. The number of hydrogen-bond donors (Lipinski definition) is 0. The summed E-state index contributed by atoms with van der Waals surface area (Å²) in [4.78, 5) is 26.1. The van der Waals surface area contributed by atoms with Gasteiger partial charge in [0.25, 0.3) is 0 Å². The number of quaternary nitrogens is 1. The number of hydrogen-bond acceptors (Lipinski definition) is 2. The zero-order valence-electron chi connectivity index (χ0n) is 31.0. The maximum Gasteiger partial charge on any atom is 0.314 e. The maximum absolute atomic E-state index is 13.2. The van der Waals surface area contributed by atoms with E-state index in [1.54, 1.807) is 0 Å². The summed E-state index contributed by atoms with van der Waals surface area (Å²) < 4.78 is 0.371. The molecule has 0 heterocycles. The molecule has 1 amide bonds. The second-order valence-electron chi connectivity index (χ2n) is 14.3. The van der Waals surface area contributed by atoms with Gasteiger partial charge in [-0.2, -0.15) is 0 Å². The van der Waals surface area contributed by atoms with Gasteiger partial charge in [0, 0.05) is 6.42 Å². The van der Waals surface area contributed by atoms with Gasteiger partial charge in [0.05, 0.1) is 19.5 Å².